The van der Waals surface area contributed by atoms with Gasteiger partial charge < -0.3 is 25.0 Å². The number of pyridine rings is 1. The van der Waals surface area contributed by atoms with Crippen LogP contribution >= 0.6 is 12.4 Å². The molecular formula is C18H21ClFN3O4. The summed E-state index contributed by atoms with van der Waals surface area (Å²) in [5.41, 5.74) is 6.58. The molecule has 27 heavy (non-hydrogen) atoms. The van der Waals surface area contributed by atoms with E-state index in [1.54, 1.807) is 13.0 Å². The van der Waals surface area contributed by atoms with E-state index in [-0.39, 0.29) is 41.2 Å². The van der Waals surface area contributed by atoms with Gasteiger partial charge in [-0.2, -0.15) is 0 Å². The average Bonchev–Trinajstić information content (AvgIpc) is 3.33. The van der Waals surface area contributed by atoms with Crippen LogP contribution in [0.2, 0.25) is 0 Å². The standard InChI is InChI=1S/C18H20FN3O4.ClH/c1-9-15-12(6-13(16(9)19)21-5-4-10(20)7-21)22(11-2-3-11)8-14(17(15)23)26-18(24)25;/h6,8,10-11H,2-5,7,20H2,1H3,(H,24,25);1H/t10-;/m0./s1. The van der Waals surface area contributed by atoms with Crippen molar-refractivity contribution < 1.29 is 19.0 Å². The molecule has 0 spiro atoms. The molecule has 0 bridgehead atoms. The molecule has 2 aliphatic rings. The molecule has 0 radical (unpaired) electrons. The number of benzene rings is 1. The minimum Gasteiger partial charge on any atom is -0.449 e. The first-order valence-electron chi connectivity index (χ1n) is 8.66. The van der Waals surface area contributed by atoms with Crippen LogP contribution in [0.25, 0.3) is 10.9 Å². The molecule has 146 valence electrons. The molecule has 1 saturated carbocycles. The van der Waals surface area contributed by atoms with Crippen molar-refractivity contribution in [3.63, 3.8) is 0 Å². The molecule has 2 fully saturated rings. The zero-order chi connectivity index (χ0) is 18.6. The van der Waals surface area contributed by atoms with Gasteiger partial charge in [0.2, 0.25) is 5.43 Å². The molecule has 1 atom stereocenters. The minimum atomic E-state index is -1.57. The molecule has 9 heteroatoms. The van der Waals surface area contributed by atoms with E-state index >= 15 is 4.39 Å². The van der Waals surface area contributed by atoms with E-state index in [9.17, 15) is 9.59 Å². The van der Waals surface area contributed by atoms with Gasteiger partial charge in [-0.25, -0.2) is 9.18 Å². The monoisotopic (exact) mass is 397 g/mol. The molecule has 2 heterocycles. The second-order valence-electron chi connectivity index (χ2n) is 7.05. The molecule has 1 aromatic carbocycles. The maximum Gasteiger partial charge on any atom is 0.511 e. The van der Waals surface area contributed by atoms with Crippen molar-refractivity contribution in [2.24, 2.45) is 5.73 Å². The summed E-state index contributed by atoms with van der Waals surface area (Å²) in [6.45, 7) is 2.77. The number of nitrogens with two attached hydrogens (primary N) is 1. The molecule has 1 aliphatic heterocycles. The lowest BCUT2D eigenvalue weighted by atomic mass is 10.1. The largest absolute Gasteiger partial charge is 0.511 e. The van der Waals surface area contributed by atoms with Crippen LogP contribution in [0.15, 0.2) is 17.1 Å². The smallest absolute Gasteiger partial charge is 0.449 e. The van der Waals surface area contributed by atoms with Gasteiger partial charge in [-0.1, -0.05) is 0 Å². The molecule has 2 aromatic rings. The van der Waals surface area contributed by atoms with Gasteiger partial charge >= 0.3 is 6.16 Å². The summed E-state index contributed by atoms with van der Waals surface area (Å²) in [6, 6.07) is 1.84. The van der Waals surface area contributed by atoms with Gasteiger partial charge in [-0.05, 0) is 32.3 Å². The molecule has 0 unspecified atom stereocenters. The number of ether oxygens (including phenoxy) is 1. The second-order valence-corrected chi connectivity index (χ2v) is 7.05. The number of fused-ring (bicyclic) bond motifs is 1. The first-order chi connectivity index (χ1) is 12.4. The average molecular weight is 398 g/mol. The maximum atomic E-state index is 15.0. The summed E-state index contributed by atoms with van der Waals surface area (Å²) in [5.74, 6) is -0.770. The number of halogens is 2. The Bertz CT molecular complexity index is 973. The number of nitrogens with zero attached hydrogens (tertiary/aromatic N) is 2. The van der Waals surface area contributed by atoms with Crippen LogP contribution in [0.1, 0.15) is 30.9 Å². The quantitative estimate of drug-likeness (QED) is 0.773. The van der Waals surface area contributed by atoms with Crippen molar-refractivity contribution >= 4 is 35.2 Å². The first kappa shape index (κ1) is 19.4. The molecule has 3 N–H and O–H groups in total. The Kier molecular flexibility index (Phi) is 5.05. The van der Waals surface area contributed by atoms with Gasteiger partial charge in [-0.3, -0.25) is 4.79 Å². The number of anilines is 1. The van der Waals surface area contributed by atoms with Crippen LogP contribution < -0.4 is 20.8 Å². The maximum absolute atomic E-state index is 15.0. The molecule has 1 saturated heterocycles. The molecule has 1 aromatic heterocycles. The SMILES string of the molecule is Cc1c(F)c(N2CC[C@H](N)C2)cc2c1c(=O)c(OC(=O)O)cn2C1CC1.Cl. The predicted octanol–water partition coefficient (Wildman–Crippen LogP) is 2.80. The van der Waals surface area contributed by atoms with E-state index in [1.165, 1.54) is 6.20 Å². The number of aryl methyl sites for hydroxylation is 1. The molecule has 1 aliphatic carbocycles. The fourth-order valence-corrected chi connectivity index (χ4v) is 3.68. The lowest BCUT2D eigenvalue weighted by Gasteiger charge is -2.22. The van der Waals surface area contributed by atoms with Gasteiger partial charge in [-0.15, -0.1) is 12.4 Å². The lowest BCUT2D eigenvalue weighted by molar-refractivity contribution is 0.143. The normalized spacial score (nSPS) is 19.2. The third kappa shape index (κ3) is 3.35. The van der Waals surface area contributed by atoms with Gasteiger partial charge in [0.1, 0.15) is 5.82 Å². The van der Waals surface area contributed by atoms with E-state index in [2.05, 4.69) is 4.74 Å². The third-order valence-corrected chi connectivity index (χ3v) is 5.15. The van der Waals surface area contributed by atoms with E-state index < -0.39 is 17.4 Å². The number of carbonyl (C=O) groups is 1. The van der Waals surface area contributed by atoms with E-state index in [1.807, 2.05) is 9.47 Å². The first-order valence-corrected chi connectivity index (χ1v) is 8.66. The third-order valence-electron chi connectivity index (χ3n) is 5.15. The highest BCUT2D eigenvalue weighted by molar-refractivity contribution is 5.88. The fourth-order valence-electron chi connectivity index (χ4n) is 3.68. The van der Waals surface area contributed by atoms with Crippen LogP contribution in [0, 0.1) is 12.7 Å². The van der Waals surface area contributed by atoms with E-state index in [0.29, 0.717) is 24.3 Å². The second kappa shape index (κ2) is 7.01. The lowest BCUT2D eigenvalue weighted by Crippen LogP contribution is -2.27. The summed E-state index contributed by atoms with van der Waals surface area (Å²) in [4.78, 5) is 25.5. The Morgan fingerprint density at radius 1 is 1.37 bits per heavy atom. The number of hydrogen-bond acceptors (Lipinski definition) is 5. The highest BCUT2D eigenvalue weighted by Gasteiger charge is 2.30. The van der Waals surface area contributed by atoms with Gasteiger partial charge in [0.25, 0.3) is 0 Å². The Morgan fingerprint density at radius 2 is 2.07 bits per heavy atom. The Morgan fingerprint density at radius 3 is 2.63 bits per heavy atom. The van der Waals surface area contributed by atoms with Crippen LogP contribution in [-0.4, -0.2) is 35.0 Å². The van der Waals surface area contributed by atoms with Crippen molar-refractivity contribution in [3.8, 4) is 5.75 Å². The number of hydrogen-bond donors (Lipinski definition) is 2. The number of rotatable bonds is 3. The fraction of sp³-hybridized carbons (Fsp3) is 0.444. The van der Waals surface area contributed by atoms with Crippen LogP contribution in [0.5, 0.6) is 5.75 Å². The van der Waals surface area contributed by atoms with Crippen molar-refractivity contribution in [2.45, 2.75) is 38.3 Å². The minimum absolute atomic E-state index is 0. The summed E-state index contributed by atoms with van der Waals surface area (Å²) in [7, 11) is 0. The van der Waals surface area contributed by atoms with Gasteiger partial charge in [0.05, 0.1) is 22.8 Å². The highest BCUT2D eigenvalue weighted by Crippen LogP contribution is 2.40. The Labute approximate surface area is 160 Å². The zero-order valence-electron chi connectivity index (χ0n) is 14.8. The Hall–Kier alpha value is -2.32. The summed E-state index contributed by atoms with van der Waals surface area (Å²) >= 11 is 0. The van der Waals surface area contributed by atoms with Gasteiger partial charge in [0.15, 0.2) is 5.75 Å². The van der Waals surface area contributed by atoms with Crippen LogP contribution in [-0.2, 0) is 0 Å². The summed E-state index contributed by atoms with van der Waals surface area (Å²) < 4.78 is 21.5. The topological polar surface area (TPSA) is 97.8 Å². The number of aromatic nitrogens is 1. The molecule has 7 nitrogen and oxygen atoms in total. The van der Waals surface area contributed by atoms with Crippen LogP contribution in [0.4, 0.5) is 14.9 Å². The summed E-state index contributed by atoms with van der Waals surface area (Å²) in [5, 5.41) is 9.05. The zero-order valence-corrected chi connectivity index (χ0v) is 15.6. The van der Waals surface area contributed by atoms with E-state index in [4.69, 9.17) is 10.8 Å². The highest BCUT2D eigenvalue weighted by atomic mass is 35.5. The molecular weight excluding hydrogens is 377 g/mol. The van der Waals surface area contributed by atoms with Crippen molar-refractivity contribution in [2.75, 3.05) is 18.0 Å². The van der Waals surface area contributed by atoms with Crippen LogP contribution in [0.3, 0.4) is 0 Å². The van der Waals surface area contributed by atoms with Crippen molar-refractivity contribution in [3.05, 3.63) is 33.9 Å². The predicted molar refractivity (Wildman–Crippen MR) is 102 cm³/mol. The summed E-state index contributed by atoms with van der Waals surface area (Å²) in [6.07, 6.45) is 2.49. The van der Waals surface area contributed by atoms with E-state index in [0.717, 1.165) is 19.3 Å². The Balaban J connectivity index is 0.00000210. The van der Waals surface area contributed by atoms with Crippen molar-refractivity contribution in [1.29, 1.82) is 0 Å². The van der Waals surface area contributed by atoms with Gasteiger partial charge in [0, 0.05) is 30.7 Å². The molecule has 4 rings (SSSR count). The van der Waals surface area contributed by atoms with Crippen molar-refractivity contribution in [1.82, 2.24) is 4.57 Å². The number of carboxylic acid groups (broad SMARTS) is 1. The molecule has 0 amide bonds.